The predicted octanol–water partition coefficient (Wildman–Crippen LogP) is 7.06. The van der Waals surface area contributed by atoms with E-state index in [2.05, 4.69) is 30.3 Å². The monoisotopic (exact) mass is 451 g/mol. The quantitative estimate of drug-likeness (QED) is 0.195. The molecular weight excluding hydrogens is 436 g/mol. The number of hydrogen-bond acceptors (Lipinski definition) is 1. The Hall–Kier alpha value is -1.65. The number of nitrogens with one attached hydrogen (secondary N) is 1. The van der Waals surface area contributed by atoms with E-state index in [0.29, 0.717) is 10.7 Å². The molecule has 3 aromatic carbocycles. The highest BCUT2D eigenvalue weighted by Gasteiger charge is 2.24. The standard InChI is InChI=1S/C21H17Cl4N3/c1-27(15-9-7-12-5-3-4-11-6-8-13(15)17(11)12)21(26)28(2)16-10-14(22)18(23)20(25)19(16)24/h3-5,7,9-10,26H,6,8H2,1-2H3. The zero-order valence-corrected chi connectivity index (χ0v) is 18.3. The molecule has 1 aliphatic rings. The molecule has 0 unspecified atom stereocenters. The second-order valence-corrected chi connectivity index (χ2v) is 8.38. The van der Waals surface area contributed by atoms with Crippen molar-refractivity contribution in [2.24, 2.45) is 0 Å². The molecule has 0 bridgehead atoms. The minimum atomic E-state index is 0.182. The number of aryl methyl sites for hydroxylation is 2. The van der Waals surface area contributed by atoms with Crippen LogP contribution in [0.5, 0.6) is 0 Å². The fraction of sp³-hybridized carbons (Fsp3) is 0.190. The SMILES string of the molecule is CN(C(=N)N(C)c1ccc2cccc3c2c1CC3)c1cc(Cl)c(Cl)c(Cl)c1Cl. The third-order valence-corrected chi connectivity index (χ3v) is 7.04. The van der Waals surface area contributed by atoms with Gasteiger partial charge in [0.15, 0.2) is 0 Å². The maximum atomic E-state index is 8.74. The summed E-state index contributed by atoms with van der Waals surface area (Å²) in [6, 6.07) is 12.2. The van der Waals surface area contributed by atoms with Gasteiger partial charge in [-0.05, 0) is 46.9 Å². The first-order valence-electron chi connectivity index (χ1n) is 8.73. The molecule has 7 heteroatoms. The minimum Gasteiger partial charge on any atom is -0.315 e. The Labute approximate surface area is 183 Å². The maximum Gasteiger partial charge on any atom is 0.202 e. The number of nitrogens with zero attached hydrogens (tertiary/aromatic N) is 2. The Balaban J connectivity index is 1.73. The summed E-state index contributed by atoms with van der Waals surface area (Å²) >= 11 is 24.8. The Bertz CT molecular complexity index is 1130. The van der Waals surface area contributed by atoms with Gasteiger partial charge in [0.25, 0.3) is 0 Å². The molecule has 0 fully saturated rings. The Morgan fingerprint density at radius 1 is 0.857 bits per heavy atom. The van der Waals surface area contributed by atoms with Gasteiger partial charge in [-0.15, -0.1) is 0 Å². The summed E-state index contributed by atoms with van der Waals surface area (Å²) in [5.41, 5.74) is 4.17. The average molecular weight is 453 g/mol. The van der Waals surface area contributed by atoms with Crippen LogP contribution < -0.4 is 9.80 Å². The van der Waals surface area contributed by atoms with Gasteiger partial charge in [0, 0.05) is 19.8 Å². The largest absolute Gasteiger partial charge is 0.315 e. The molecule has 0 heterocycles. The van der Waals surface area contributed by atoms with Crippen LogP contribution in [0.25, 0.3) is 10.8 Å². The average Bonchev–Trinajstić information content (AvgIpc) is 3.14. The number of hydrogen-bond donors (Lipinski definition) is 1. The predicted molar refractivity (Wildman–Crippen MR) is 122 cm³/mol. The topological polar surface area (TPSA) is 30.3 Å². The summed E-state index contributed by atoms with van der Waals surface area (Å²) in [6.07, 6.45) is 1.99. The first-order valence-corrected chi connectivity index (χ1v) is 10.2. The normalized spacial score (nSPS) is 12.5. The van der Waals surface area contributed by atoms with Gasteiger partial charge in [-0.3, -0.25) is 5.41 Å². The van der Waals surface area contributed by atoms with Crippen molar-refractivity contribution < 1.29 is 0 Å². The third-order valence-electron chi connectivity index (χ3n) is 5.30. The fourth-order valence-corrected chi connectivity index (χ4v) is 4.74. The van der Waals surface area contributed by atoms with Crippen molar-refractivity contribution >= 4 is 74.5 Å². The number of guanidine groups is 1. The summed E-state index contributed by atoms with van der Waals surface area (Å²) < 4.78 is 0. The lowest BCUT2D eigenvalue weighted by Crippen LogP contribution is -2.40. The third kappa shape index (κ3) is 3.02. The van der Waals surface area contributed by atoms with Gasteiger partial charge in [-0.2, -0.15) is 0 Å². The lowest BCUT2D eigenvalue weighted by molar-refractivity contribution is 1.01. The molecule has 0 aromatic heterocycles. The second-order valence-electron chi connectivity index (χ2n) is 6.84. The van der Waals surface area contributed by atoms with Gasteiger partial charge in [0.2, 0.25) is 5.96 Å². The van der Waals surface area contributed by atoms with Crippen LogP contribution in [0, 0.1) is 5.41 Å². The molecule has 4 rings (SSSR count). The molecule has 0 aliphatic heterocycles. The number of rotatable bonds is 2. The Kier molecular flexibility index (Phi) is 5.13. The molecule has 28 heavy (non-hydrogen) atoms. The summed E-state index contributed by atoms with van der Waals surface area (Å²) in [5, 5.41) is 12.2. The highest BCUT2D eigenvalue weighted by atomic mass is 35.5. The van der Waals surface area contributed by atoms with Crippen LogP contribution in [0.3, 0.4) is 0 Å². The van der Waals surface area contributed by atoms with Gasteiger partial charge in [0.05, 0.1) is 25.8 Å². The van der Waals surface area contributed by atoms with E-state index in [-0.39, 0.29) is 21.0 Å². The Morgan fingerprint density at radius 3 is 2.32 bits per heavy atom. The lowest BCUT2D eigenvalue weighted by Gasteiger charge is -2.30. The number of anilines is 2. The van der Waals surface area contributed by atoms with E-state index < -0.39 is 0 Å². The van der Waals surface area contributed by atoms with Crippen molar-refractivity contribution in [3.8, 4) is 0 Å². The summed E-state index contributed by atoms with van der Waals surface area (Å²) in [5.74, 6) is 0.247. The maximum absolute atomic E-state index is 8.74. The van der Waals surface area contributed by atoms with E-state index in [4.69, 9.17) is 51.8 Å². The van der Waals surface area contributed by atoms with E-state index >= 15 is 0 Å². The number of halogens is 4. The lowest BCUT2D eigenvalue weighted by atomic mass is 10.0. The van der Waals surface area contributed by atoms with Crippen molar-refractivity contribution in [3.63, 3.8) is 0 Å². The van der Waals surface area contributed by atoms with Crippen molar-refractivity contribution in [2.45, 2.75) is 12.8 Å². The Morgan fingerprint density at radius 2 is 1.57 bits per heavy atom. The fourth-order valence-electron chi connectivity index (χ4n) is 3.82. The van der Waals surface area contributed by atoms with E-state index in [1.54, 1.807) is 18.0 Å². The van der Waals surface area contributed by atoms with Crippen LogP contribution in [0.1, 0.15) is 11.1 Å². The molecule has 0 spiro atoms. The molecule has 3 aromatic rings. The molecule has 3 nitrogen and oxygen atoms in total. The van der Waals surface area contributed by atoms with E-state index in [1.165, 1.54) is 21.9 Å². The van der Waals surface area contributed by atoms with Crippen molar-refractivity contribution in [2.75, 3.05) is 23.9 Å². The zero-order chi connectivity index (χ0) is 20.2. The molecule has 1 aliphatic carbocycles. The molecule has 144 valence electrons. The van der Waals surface area contributed by atoms with Crippen LogP contribution in [0.4, 0.5) is 11.4 Å². The summed E-state index contributed by atoms with van der Waals surface area (Å²) in [7, 11) is 3.64. The van der Waals surface area contributed by atoms with Gasteiger partial charge in [0.1, 0.15) is 0 Å². The minimum absolute atomic E-state index is 0.182. The molecule has 0 radical (unpaired) electrons. The van der Waals surface area contributed by atoms with E-state index in [9.17, 15) is 0 Å². The van der Waals surface area contributed by atoms with Gasteiger partial charge < -0.3 is 9.80 Å². The van der Waals surface area contributed by atoms with Gasteiger partial charge in [-0.25, -0.2) is 0 Å². The van der Waals surface area contributed by atoms with E-state index in [0.717, 1.165) is 18.5 Å². The first kappa shape index (κ1) is 19.7. The van der Waals surface area contributed by atoms with Crippen LogP contribution in [0.15, 0.2) is 36.4 Å². The zero-order valence-electron chi connectivity index (χ0n) is 15.3. The number of benzene rings is 3. The van der Waals surface area contributed by atoms with Crippen molar-refractivity contribution in [1.29, 1.82) is 5.41 Å². The molecule has 0 saturated heterocycles. The molecule has 0 amide bonds. The first-order chi connectivity index (χ1) is 13.3. The highest BCUT2D eigenvalue weighted by Crippen LogP contribution is 2.42. The van der Waals surface area contributed by atoms with Crippen molar-refractivity contribution in [1.82, 2.24) is 0 Å². The van der Waals surface area contributed by atoms with Gasteiger partial charge in [-0.1, -0.05) is 70.7 Å². The van der Waals surface area contributed by atoms with Crippen LogP contribution in [-0.2, 0) is 12.8 Å². The molecule has 0 atom stereocenters. The molecular formula is C21H17Cl4N3. The highest BCUT2D eigenvalue weighted by molar-refractivity contribution is 6.53. The molecule has 1 N–H and O–H groups in total. The summed E-state index contributed by atoms with van der Waals surface area (Å²) in [6.45, 7) is 0. The van der Waals surface area contributed by atoms with Crippen molar-refractivity contribution in [3.05, 3.63) is 67.6 Å². The van der Waals surface area contributed by atoms with Crippen LogP contribution in [-0.4, -0.2) is 20.1 Å². The van der Waals surface area contributed by atoms with Crippen LogP contribution >= 0.6 is 46.4 Å². The smallest absolute Gasteiger partial charge is 0.202 e. The summed E-state index contributed by atoms with van der Waals surface area (Å²) in [4.78, 5) is 3.50. The second kappa shape index (κ2) is 7.31. The molecule has 0 saturated carbocycles. The van der Waals surface area contributed by atoms with Gasteiger partial charge >= 0.3 is 0 Å². The van der Waals surface area contributed by atoms with E-state index in [1.807, 2.05) is 11.9 Å². The van der Waals surface area contributed by atoms with Crippen LogP contribution in [0.2, 0.25) is 20.1 Å².